The van der Waals surface area contributed by atoms with E-state index in [-0.39, 0.29) is 0 Å². The van der Waals surface area contributed by atoms with Crippen molar-refractivity contribution in [2.45, 2.75) is 141 Å². The molecule has 4 unspecified atom stereocenters. The molecule has 0 spiro atoms. The van der Waals surface area contributed by atoms with Gasteiger partial charge >= 0.3 is 0 Å². The van der Waals surface area contributed by atoms with Crippen LogP contribution in [0.2, 0.25) is 0 Å². The quantitative estimate of drug-likeness (QED) is 0.271. The molecule has 4 atom stereocenters. The lowest BCUT2D eigenvalue weighted by Crippen LogP contribution is -2.72. The minimum absolute atomic E-state index is 0.355. The number of halogens is 2. The van der Waals surface area contributed by atoms with Gasteiger partial charge in [0.25, 0.3) is 0 Å². The zero-order chi connectivity index (χ0) is 29.3. The Kier molecular flexibility index (Phi) is 6.19. The molecule has 42 heavy (non-hydrogen) atoms. The lowest BCUT2D eigenvalue weighted by atomic mass is 9.23. The third-order valence-electron chi connectivity index (χ3n) is 15.6. The van der Waals surface area contributed by atoms with Crippen LogP contribution in [0.15, 0.2) is 57.5 Å². The summed E-state index contributed by atoms with van der Waals surface area (Å²) in [6.45, 7) is 10.3. The molecule has 0 saturated heterocycles. The second-order valence-electron chi connectivity index (χ2n) is 17.7. The average molecular weight is 693 g/mol. The molecule has 8 aliphatic rings. The zero-order valence-electron chi connectivity index (χ0n) is 26.7. The van der Waals surface area contributed by atoms with Gasteiger partial charge in [-0.15, -0.1) is 0 Å². The Morgan fingerprint density at radius 1 is 0.405 bits per heavy atom. The smallest absolute Gasteiger partial charge is 0.0175 e. The van der Waals surface area contributed by atoms with Crippen LogP contribution in [0.25, 0.3) is 0 Å². The fraction of sp³-hybridized carbons (Fsp3) is 0.700. The molecule has 0 aromatic heterocycles. The molecule has 2 heteroatoms. The first kappa shape index (κ1) is 28.8. The Hall–Kier alpha value is -0.600. The van der Waals surface area contributed by atoms with E-state index in [9.17, 15) is 0 Å². The summed E-state index contributed by atoms with van der Waals surface area (Å²) >= 11 is 7.56. The van der Waals surface area contributed by atoms with Crippen LogP contribution in [-0.4, -0.2) is 0 Å². The average Bonchev–Trinajstić information content (AvgIpc) is 2.96. The summed E-state index contributed by atoms with van der Waals surface area (Å²) < 4.78 is 2.46. The Balaban J connectivity index is 1.35. The van der Waals surface area contributed by atoms with E-state index in [4.69, 9.17) is 0 Å². The maximum atomic E-state index is 3.78. The van der Waals surface area contributed by atoms with Crippen molar-refractivity contribution < 1.29 is 0 Å². The highest BCUT2D eigenvalue weighted by atomic mass is 79.9. The van der Waals surface area contributed by atoms with E-state index in [0.29, 0.717) is 43.3 Å². The SMILES string of the molecule is CCC12CC3(CC)CC(c4ccc(Br)cc4)(C1)CC(C14CC5(CC)CC(CC)(CC(c6ccc(Br)cc6)(C5)C1)C4)(C2)C3. The third kappa shape index (κ3) is 3.75. The lowest BCUT2D eigenvalue weighted by molar-refractivity contribution is -0.286. The number of rotatable bonds is 7. The Morgan fingerprint density at radius 3 is 0.952 bits per heavy atom. The largest absolute Gasteiger partial charge is 0.0649 e. The van der Waals surface area contributed by atoms with Crippen LogP contribution >= 0.6 is 31.9 Å². The van der Waals surface area contributed by atoms with Crippen LogP contribution in [0.3, 0.4) is 0 Å². The van der Waals surface area contributed by atoms with Gasteiger partial charge in [-0.05, 0) is 156 Å². The molecule has 8 saturated carbocycles. The molecule has 10 rings (SSSR count). The highest BCUT2D eigenvalue weighted by molar-refractivity contribution is 9.10. The monoisotopic (exact) mass is 690 g/mol. The molecule has 8 aliphatic carbocycles. The number of hydrogen-bond acceptors (Lipinski definition) is 0. The minimum atomic E-state index is 0.355. The molecule has 8 fully saturated rings. The molecular weight excluding hydrogens is 640 g/mol. The lowest BCUT2D eigenvalue weighted by Gasteiger charge is -2.81. The van der Waals surface area contributed by atoms with E-state index >= 15 is 0 Å². The van der Waals surface area contributed by atoms with Crippen LogP contribution < -0.4 is 0 Å². The van der Waals surface area contributed by atoms with E-state index in [1.165, 1.54) is 112 Å². The molecule has 0 radical (unpaired) electrons. The molecule has 2 aromatic rings. The van der Waals surface area contributed by atoms with Crippen molar-refractivity contribution in [1.29, 1.82) is 0 Å². The van der Waals surface area contributed by atoms with Crippen molar-refractivity contribution in [2.75, 3.05) is 0 Å². The van der Waals surface area contributed by atoms with Crippen molar-refractivity contribution in [3.8, 4) is 0 Å². The highest BCUT2D eigenvalue weighted by Gasteiger charge is 2.77. The molecular formula is C40H52Br2. The summed E-state index contributed by atoms with van der Waals surface area (Å²) in [4.78, 5) is 0. The highest BCUT2D eigenvalue weighted by Crippen LogP contribution is 2.86. The number of hydrogen-bond donors (Lipinski definition) is 0. The summed E-state index contributed by atoms with van der Waals surface area (Å²) in [6, 6.07) is 19.5. The second kappa shape index (κ2) is 9.02. The summed E-state index contributed by atoms with van der Waals surface area (Å²) in [7, 11) is 0. The van der Waals surface area contributed by atoms with Crippen molar-refractivity contribution in [2.24, 2.45) is 32.5 Å². The normalized spacial score (nSPS) is 48.2. The van der Waals surface area contributed by atoms with Gasteiger partial charge in [-0.2, -0.15) is 0 Å². The van der Waals surface area contributed by atoms with Crippen molar-refractivity contribution in [1.82, 2.24) is 0 Å². The molecule has 0 amide bonds. The maximum absolute atomic E-state index is 3.78. The predicted molar refractivity (Wildman–Crippen MR) is 183 cm³/mol. The van der Waals surface area contributed by atoms with Gasteiger partial charge in [-0.3, -0.25) is 0 Å². The van der Waals surface area contributed by atoms with Crippen LogP contribution in [0, 0.1) is 32.5 Å². The standard InChI is InChI=1S/C40H52Br2/c1-5-33-17-34(6-2)20-37(19-33,29-9-13-31(41)14-10-29)27-39(23-33,24-34)40-25-35(7-3)18-36(8-4,26-40)22-38(21-35,28-40)30-11-15-32(42)16-12-30/h9-16H,5-8,17-28H2,1-4H3. The van der Waals surface area contributed by atoms with Gasteiger partial charge < -0.3 is 0 Å². The Labute approximate surface area is 272 Å². The third-order valence-corrected chi connectivity index (χ3v) is 16.7. The van der Waals surface area contributed by atoms with Gasteiger partial charge in [-0.1, -0.05) is 110 Å². The molecule has 226 valence electrons. The fourth-order valence-corrected chi connectivity index (χ4v) is 15.5. The summed E-state index contributed by atoms with van der Waals surface area (Å²) in [5.41, 5.74) is 7.08. The van der Waals surface area contributed by atoms with E-state index in [2.05, 4.69) is 108 Å². The molecule has 8 bridgehead atoms. The second-order valence-corrected chi connectivity index (χ2v) is 19.5. The van der Waals surface area contributed by atoms with Gasteiger partial charge in [0.05, 0.1) is 0 Å². The molecule has 0 heterocycles. The molecule has 0 N–H and O–H groups in total. The summed E-state index contributed by atoms with van der Waals surface area (Å²) in [5, 5.41) is 0. The van der Waals surface area contributed by atoms with Gasteiger partial charge in [0.1, 0.15) is 0 Å². The van der Waals surface area contributed by atoms with Gasteiger partial charge in [-0.25, -0.2) is 0 Å². The van der Waals surface area contributed by atoms with Crippen molar-refractivity contribution in [3.63, 3.8) is 0 Å². The van der Waals surface area contributed by atoms with Crippen molar-refractivity contribution >= 4 is 31.9 Å². The molecule has 0 aliphatic heterocycles. The van der Waals surface area contributed by atoms with E-state index in [1.54, 1.807) is 11.1 Å². The first-order valence-electron chi connectivity index (χ1n) is 17.5. The zero-order valence-corrected chi connectivity index (χ0v) is 29.9. The summed E-state index contributed by atoms with van der Waals surface area (Å²) in [5.74, 6) is 0. The summed E-state index contributed by atoms with van der Waals surface area (Å²) in [6.07, 6.45) is 23.3. The van der Waals surface area contributed by atoms with E-state index in [0.717, 1.165) is 0 Å². The minimum Gasteiger partial charge on any atom is -0.0649 e. The first-order valence-corrected chi connectivity index (χ1v) is 19.1. The van der Waals surface area contributed by atoms with Gasteiger partial charge in [0.2, 0.25) is 0 Å². The Morgan fingerprint density at radius 2 is 0.690 bits per heavy atom. The molecule has 0 nitrogen and oxygen atoms in total. The van der Waals surface area contributed by atoms with Crippen LogP contribution in [0.5, 0.6) is 0 Å². The van der Waals surface area contributed by atoms with Crippen LogP contribution in [0.4, 0.5) is 0 Å². The van der Waals surface area contributed by atoms with Crippen LogP contribution in [-0.2, 0) is 10.8 Å². The molecule has 2 aromatic carbocycles. The van der Waals surface area contributed by atoms with Crippen LogP contribution in [0.1, 0.15) is 142 Å². The van der Waals surface area contributed by atoms with E-state index in [1.807, 2.05) is 0 Å². The van der Waals surface area contributed by atoms with Crippen molar-refractivity contribution in [3.05, 3.63) is 68.6 Å². The Bertz CT molecular complexity index is 1240. The number of benzene rings is 2. The predicted octanol–water partition coefficient (Wildman–Crippen LogP) is 12.7. The topological polar surface area (TPSA) is 0 Å². The van der Waals surface area contributed by atoms with Gasteiger partial charge in [0.15, 0.2) is 0 Å². The first-order chi connectivity index (χ1) is 20.0. The fourth-order valence-electron chi connectivity index (χ4n) is 15.0. The van der Waals surface area contributed by atoms with E-state index < -0.39 is 0 Å². The maximum Gasteiger partial charge on any atom is 0.0175 e. The van der Waals surface area contributed by atoms with Gasteiger partial charge in [0, 0.05) is 8.95 Å².